The van der Waals surface area contributed by atoms with Gasteiger partial charge in [0.2, 0.25) is 0 Å². The summed E-state index contributed by atoms with van der Waals surface area (Å²) in [5.41, 5.74) is 5.51. The lowest BCUT2D eigenvalue weighted by Gasteiger charge is -2.24. The Balaban J connectivity index is 3.28. The van der Waals surface area contributed by atoms with Gasteiger partial charge < -0.3 is 10.8 Å². The lowest BCUT2D eigenvalue weighted by molar-refractivity contribution is 0.210. The maximum absolute atomic E-state index is 9.05. The van der Waals surface area contributed by atoms with Crippen molar-refractivity contribution < 1.29 is 5.11 Å². The average molecular weight is 220 g/mol. The monoisotopic (exact) mass is 219 g/mol. The molecule has 0 heterocycles. The number of aliphatic hydroxyl groups excluding tert-OH is 1. The van der Waals surface area contributed by atoms with Gasteiger partial charge in [0.25, 0.3) is 0 Å². The predicted octanol–water partition coefficient (Wildman–Crippen LogP) is 2.16. The minimum atomic E-state index is -0.893. The van der Waals surface area contributed by atoms with E-state index in [-0.39, 0.29) is 6.61 Å². The molecule has 1 atom stereocenters. The molecule has 0 bridgehead atoms. The summed E-state index contributed by atoms with van der Waals surface area (Å²) >= 11 is 11.8. The topological polar surface area (TPSA) is 46.2 Å². The smallest absolute Gasteiger partial charge is 0.0651 e. The van der Waals surface area contributed by atoms with Crippen LogP contribution >= 0.6 is 23.2 Å². The van der Waals surface area contributed by atoms with Gasteiger partial charge in [0.1, 0.15) is 0 Å². The van der Waals surface area contributed by atoms with Crippen molar-refractivity contribution in [3.63, 3.8) is 0 Å². The molecule has 1 aromatic rings. The van der Waals surface area contributed by atoms with Crippen molar-refractivity contribution in [1.29, 1.82) is 0 Å². The number of halogens is 2. The molecule has 0 aliphatic rings. The molecule has 3 N–H and O–H groups in total. The van der Waals surface area contributed by atoms with Crippen molar-refractivity contribution in [2.45, 2.75) is 12.5 Å². The third kappa shape index (κ3) is 2.15. The molecule has 0 aromatic heterocycles. The third-order valence-electron chi connectivity index (χ3n) is 1.86. The van der Waals surface area contributed by atoms with Crippen LogP contribution in [0.1, 0.15) is 12.5 Å². The van der Waals surface area contributed by atoms with Crippen LogP contribution in [0, 0.1) is 0 Å². The summed E-state index contributed by atoms with van der Waals surface area (Å²) in [5, 5.41) is 10.0. The van der Waals surface area contributed by atoms with Crippen LogP contribution in [0.25, 0.3) is 0 Å². The Morgan fingerprint density at radius 1 is 1.38 bits per heavy atom. The van der Waals surface area contributed by atoms with Crippen LogP contribution in [0.4, 0.5) is 0 Å². The van der Waals surface area contributed by atoms with Gasteiger partial charge in [-0.1, -0.05) is 29.3 Å². The summed E-state index contributed by atoms with van der Waals surface area (Å²) in [6.07, 6.45) is 0. The second kappa shape index (κ2) is 3.84. The molecule has 0 saturated carbocycles. The van der Waals surface area contributed by atoms with Gasteiger partial charge in [-0.3, -0.25) is 0 Å². The van der Waals surface area contributed by atoms with Gasteiger partial charge >= 0.3 is 0 Å². The summed E-state index contributed by atoms with van der Waals surface area (Å²) in [6, 6.07) is 5.13. The number of benzene rings is 1. The molecule has 0 radical (unpaired) electrons. The van der Waals surface area contributed by atoms with E-state index in [9.17, 15) is 0 Å². The number of hydrogen-bond donors (Lipinski definition) is 2. The number of aliphatic hydroxyl groups is 1. The Hall–Kier alpha value is -0.280. The second-order valence-electron chi connectivity index (χ2n) is 3.17. The fourth-order valence-corrected chi connectivity index (χ4v) is 1.95. The number of hydrogen-bond acceptors (Lipinski definition) is 2. The van der Waals surface area contributed by atoms with E-state index < -0.39 is 5.54 Å². The maximum Gasteiger partial charge on any atom is 0.0651 e. The second-order valence-corrected chi connectivity index (χ2v) is 3.99. The lowest BCUT2D eigenvalue weighted by Crippen LogP contribution is -2.37. The molecule has 0 unspecified atom stereocenters. The molecular formula is C9H11Cl2NO. The summed E-state index contributed by atoms with van der Waals surface area (Å²) in [5.74, 6) is 0. The Kier molecular flexibility index (Phi) is 3.19. The van der Waals surface area contributed by atoms with Gasteiger partial charge in [-0.25, -0.2) is 0 Å². The van der Waals surface area contributed by atoms with E-state index in [2.05, 4.69) is 0 Å². The minimum absolute atomic E-state index is 0.198. The van der Waals surface area contributed by atoms with Crippen molar-refractivity contribution in [1.82, 2.24) is 0 Å². The van der Waals surface area contributed by atoms with Crippen molar-refractivity contribution in [2.24, 2.45) is 5.73 Å². The first kappa shape index (κ1) is 10.8. The molecule has 0 aliphatic carbocycles. The highest BCUT2D eigenvalue weighted by Gasteiger charge is 2.25. The molecule has 0 spiro atoms. The van der Waals surface area contributed by atoms with Crippen molar-refractivity contribution in [2.75, 3.05) is 6.61 Å². The van der Waals surface area contributed by atoms with Gasteiger partial charge in [-0.05, 0) is 19.1 Å². The van der Waals surface area contributed by atoms with Crippen molar-refractivity contribution >= 4 is 23.2 Å². The molecule has 13 heavy (non-hydrogen) atoms. The largest absolute Gasteiger partial charge is 0.394 e. The minimum Gasteiger partial charge on any atom is -0.394 e. The molecular weight excluding hydrogens is 209 g/mol. The van der Waals surface area contributed by atoms with Crippen LogP contribution in [0.2, 0.25) is 10.0 Å². The Morgan fingerprint density at radius 3 is 2.23 bits per heavy atom. The van der Waals surface area contributed by atoms with Crippen LogP contribution in [0.15, 0.2) is 18.2 Å². The highest BCUT2D eigenvalue weighted by atomic mass is 35.5. The van der Waals surface area contributed by atoms with E-state index in [4.69, 9.17) is 34.0 Å². The van der Waals surface area contributed by atoms with Crippen LogP contribution in [-0.2, 0) is 5.54 Å². The lowest BCUT2D eigenvalue weighted by atomic mass is 9.94. The summed E-state index contributed by atoms with van der Waals surface area (Å²) in [4.78, 5) is 0. The fraction of sp³-hybridized carbons (Fsp3) is 0.333. The molecule has 1 rings (SSSR count). The zero-order valence-corrected chi connectivity index (χ0v) is 8.73. The van der Waals surface area contributed by atoms with Gasteiger partial charge in [0.05, 0.1) is 12.1 Å². The first-order chi connectivity index (χ1) is 5.99. The zero-order valence-electron chi connectivity index (χ0n) is 7.22. The van der Waals surface area contributed by atoms with Crippen LogP contribution in [-0.4, -0.2) is 11.7 Å². The summed E-state index contributed by atoms with van der Waals surface area (Å²) in [7, 11) is 0. The maximum atomic E-state index is 9.05. The summed E-state index contributed by atoms with van der Waals surface area (Å²) in [6.45, 7) is 1.48. The van der Waals surface area contributed by atoms with E-state index in [1.54, 1.807) is 25.1 Å². The van der Waals surface area contributed by atoms with Gasteiger partial charge in [-0.15, -0.1) is 0 Å². The van der Waals surface area contributed by atoms with E-state index in [0.717, 1.165) is 0 Å². The van der Waals surface area contributed by atoms with Gasteiger partial charge in [0, 0.05) is 15.6 Å². The first-order valence-corrected chi connectivity index (χ1v) is 4.59. The Bertz CT molecular complexity index is 292. The van der Waals surface area contributed by atoms with Gasteiger partial charge in [-0.2, -0.15) is 0 Å². The highest BCUT2D eigenvalue weighted by molar-refractivity contribution is 6.36. The van der Waals surface area contributed by atoms with E-state index >= 15 is 0 Å². The van der Waals surface area contributed by atoms with E-state index in [1.807, 2.05) is 0 Å². The normalized spacial score (nSPS) is 15.5. The molecule has 72 valence electrons. The summed E-state index contributed by atoms with van der Waals surface area (Å²) < 4.78 is 0. The SMILES string of the molecule is C[C@@](N)(CO)c1c(Cl)cccc1Cl. The molecule has 0 aliphatic heterocycles. The van der Waals surface area contributed by atoms with E-state index in [0.29, 0.717) is 15.6 Å². The molecule has 4 heteroatoms. The number of rotatable bonds is 2. The highest BCUT2D eigenvalue weighted by Crippen LogP contribution is 2.32. The molecule has 2 nitrogen and oxygen atoms in total. The van der Waals surface area contributed by atoms with Crippen LogP contribution in [0.3, 0.4) is 0 Å². The standard InChI is InChI=1S/C9H11Cl2NO/c1-9(12,5-13)8-6(10)3-2-4-7(8)11/h2-4,13H,5,12H2,1H3/t9-/m1/s1. The first-order valence-electron chi connectivity index (χ1n) is 3.83. The molecule has 0 fully saturated rings. The quantitative estimate of drug-likeness (QED) is 0.802. The van der Waals surface area contributed by atoms with Crippen LogP contribution in [0.5, 0.6) is 0 Å². The van der Waals surface area contributed by atoms with Crippen LogP contribution < -0.4 is 5.73 Å². The van der Waals surface area contributed by atoms with Crippen molar-refractivity contribution in [3.8, 4) is 0 Å². The Morgan fingerprint density at radius 2 is 1.85 bits per heavy atom. The zero-order chi connectivity index (χ0) is 10.1. The predicted molar refractivity (Wildman–Crippen MR) is 55.1 cm³/mol. The van der Waals surface area contributed by atoms with Crippen molar-refractivity contribution in [3.05, 3.63) is 33.8 Å². The fourth-order valence-electron chi connectivity index (χ4n) is 1.12. The number of nitrogens with two attached hydrogens (primary N) is 1. The average Bonchev–Trinajstić information content (AvgIpc) is 2.03. The molecule has 1 aromatic carbocycles. The Labute approximate surface area is 87.3 Å². The van der Waals surface area contributed by atoms with E-state index in [1.165, 1.54) is 0 Å². The third-order valence-corrected chi connectivity index (χ3v) is 2.49. The molecule has 0 amide bonds. The molecule has 0 saturated heterocycles. The van der Waals surface area contributed by atoms with Gasteiger partial charge in [0.15, 0.2) is 0 Å².